The second-order valence-electron chi connectivity index (χ2n) is 6.19. The van der Waals surface area contributed by atoms with Gasteiger partial charge in [-0.3, -0.25) is 9.59 Å². The van der Waals surface area contributed by atoms with Crippen LogP contribution in [-0.2, 0) is 0 Å². The third-order valence-corrected chi connectivity index (χ3v) is 6.04. The molecule has 0 bridgehead atoms. The number of fused-ring (bicyclic) bond motifs is 2. The Balaban J connectivity index is 1.55. The van der Waals surface area contributed by atoms with Crippen molar-refractivity contribution in [3.8, 4) is 11.3 Å². The van der Waals surface area contributed by atoms with Crippen LogP contribution in [0.3, 0.4) is 0 Å². The van der Waals surface area contributed by atoms with Gasteiger partial charge in [0.05, 0.1) is 31.4 Å². The average molecular weight is 426 g/mol. The van der Waals surface area contributed by atoms with E-state index in [-0.39, 0.29) is 26.7 Å². The number of carbonyl (C=O) groups is 2. The van der Waals surface area contributed by atoms with Crippen LogP contribution in [0.2, 0.25) is 10.0 Å². The minimum Gasteiger partial charge on any atom is -0.437 e. The summed E-state index contributed by atoms with van der Waals surface area (Å²) in [7, 11) is 0. The summed E-state index contributed by atoms with van der Waals surface area (Å²) in [5.74, 6) is -0.166. The lowest BCUT2D eigenvalue weighted by Crippen LogP contribution is -2.00. The molecule has 136 valence electrons. The highest BCUT2D eigenvalue weighted by molar-refractivity contribution is 7.19. The molecule has 0 fully saturated rings. The maximum Gasteiger partial charge on any atom is 0.238 e. The first-order valence-electron chi connectivity index (χ1n) is 8.28. The van der Waals surface area contributed by atoms with Gasteiger partial charge in [0.1, 0.15) is 10.8 Å². The number of nitrogens with zero attached hydrogens (tertiary/aromatic N) is 1. The summed E-state index contributed by atoms with van der Waals surface area (Å²) < 4.78 is 6.64. The van der Waals surface area contributed by atoms with Crippen molar-refractivity contribution in [2.75, 3.05) is 0 Å². The van der Waals surface area contributed by atoms with Gasteiger partial charge in [0, 0.05) is 11.6 Å². The van der Waals surface area contributed by atoms with E-state index in [4.69, 9.17) is 27.6 Å². The molecule has 0 atom stereocenters. The Kier molecular flexibility index (Phi) is 3.98. The maximum atomic E-state index is 12.7. The lowest BCUT2D eigenvalue weighted by atomic mass is 10.1. The Bertz CT molecular complexity index is 1240. The number of carbonyl (C=O) groups excluding carboxylic acids is 2. The molecule has 1 aliphatic carbocycles. The Morgan fingerprint density at radius 1 is 0.929 bits per heavy atom. The Morgan fingerprint density at radius 2 is 1.57 bits per heavy atom. The van der Waals surface area contributed by atoms with Crippen LogP contribution in [0.5, 0.6) is 0 Å². The lowest BCUT2D eigenvalue weighted by Gasteiger charge is -2.00. The molecule has 0 saturated heterocycles. The van der Waals surface area contributed by atoms with Crippen molar-refractivity contribution in [3.05, 3.63) is 80.3 Å². The third kappa shape index (κ3) is 2.63. The van der Waals surface area contributed by atoms with Gasteiger partial charge < -0.3 is 4.42 Å². The second-order valence-corrected chi connectivity index (χ2v) is 8.07. The van der Waals surface area contributed by atoms with Gasteiger partial charge in [-0.2, -0.15) is 0 Å². The molecule has 2 heterocycles. The summed E-state index contributed by atoms with van der Waals surface area (Å²) in [5.41, 5.74) is 1.72. The van der Waals surface area contributed by atoms with E-state index in [1.165, 1.54) is 29.5 Å². The Morgan fingerprint density at radius 3 is 2.18 bits per heavy atom. The smallest absolute Gasteiger partial charge is 0.238 e. The molecule has 1 aliphatic rings. The van der Waals surface area contributed by atoms with E-state index >= 15 is 0 Å². The summed E-state index contributed by atoms with van der Waals surface area (Å²) >= 11 is 13.6. The molecule has 2 aromatic carbocycles. The zero-order chi connectivity index (χ0) is 19.4. The Hall–Kier alpha value is -2.73. The fourth-order valence-electron chi connectivity index (χ4n) is 3.18. The van der Waals surface area contributed by atoms with Crippen LogP contribution in [-0.4, -0.2) is 16.6 Å². The van der Waals surface area contributed by atoms with E-state index in [2.05, 4.69) is 4.98 Å². The number of allylic oxidation sites excluding steroid dienone is 1. The first-order chi connectivity index (χ1) is 13.5. The van der Waals surface area contributed by atoms with Crippen LogP contribution in [0.1, 0.15) is 25.7 Å². The predicted octanol–water partition coefficient (Wildman–Crippen LogP) is 6.33. The van der Waals surface area contributed by atoms with Crippen LogP contribution in [0.25, 0.3) is 27.8 Å². The summed E-state index contributed by atoms with van der Waals surface area (Å²) in [6.07, 6.45) is 1.47. The van der Waals surface area contributed by atoms with Crippen LogP contribution in [0.15, 0.2) is 58.5 Å². The van der Waals surface area contributed by atoms with Crippen molar-refractivity contribution in [1.82, 2.24) is 4.98 Å². The van der Waals surface area contributed by atoms with Crippen molar-refractivity contribution in [2.45, 2.75) is 0 Å². The summed E-state index contributed by atoms with van der Waals surface area (Å²) in [6.45, 7) is 0. The van der Waals surface area contributed by atoms with E-state index in [9.17, 15) is 9.59 Å². The molecule has 0 saturated carbocycles. The highest BCUT2D eigenvalue weighted by atomic mass is 35.5. The normalized spacial score (nSPS) is 13.4. The first kappa shape index (κ1) is 17.4. The molecule has 4 nitrogen and oxygen atoms in total. The predicted molar refractivity (Wildman–Crippen MR) is 110 cm³/mol. The van der Waals surface area contributed by atoms with Gasteiger partial charge in [0.15, 0.2) is 11.6 Å². The van der Waals surface area contributed by atoms with E-state index in [0.717, 1.165) is 10.3 Å². The van der Waals surface area contributed by atoms with Gasteiger partial charge in [-0.1, -0.05) is 53.5 Å². The summed E-state index contributed by atoms with van der Waals surface area (Å²) in [4.78, 5) is 29.8. The molecular formula is C21H9Cl2NO3S. The monoisotopic (exact) mass is 425 g/mol. The molecule has 0 unspecified atom stereocenters. The number of halogens is 2. The first-order valence-corrected chi connectivity index (χ1v) is 9.85. The number of aromatic nitrogens is 1. The number of rotatable bonds is 2. The summed E-state index contributed by atoms with van der Waals surface area (Å²) in [5, 5.41) is 0.924. The molecule has 0 amide bonds. The van der Waals surface area contributed by atoms with Gasteiger partial charge >= 0.3 is 0 Å². The van der Waals surface area contributed by atoms with Gasteiger partial charge in [0.25, 0.3) is 0 Å². The number of benzene rings is 2. The highest BCUT2D eigenvalue weighted by Crippen LogP contribution is 2.38. The van der Waals surface area contributed by atoms with Crippen LogP contribution in [0, 0.1) is 0 Å². The maximum absolute atomic E-state index is 12.7. The topological polar surface area (TPSA) is 60.2 Å². The SMILES string of the molecule is O=C1C(=Cc2nc3oc(-c4ccccc4)cc3s2)C(=O)c2c(Cl)ccc(Cl)c21. The third-order valence-electron chi connectivity index (χ3n) is 4.48. The zero-order valence-corrected chi connectivity index (χ0v) is 16.4. The van der Waals surface area contributed by atoms with Crippen LogP contribution < -0.4 is 0 Å². The minimum atomic E-state index is -0.440. The average Bonchev–Trinajstić information content (AvgIpc) is 3.32. The molecule has 7 heteroatoms. The van der Waals surface area contributed by atoms with Crippen LogP contribution in [0.4, 0.5) is 0 Å². The highest BCUT2D eigenvalue weighted by Gasteiger charge is 2.37. The molecule has 0 spiro atoms. The summed E-state index contributed by atoms with van der Waals surface area (Å²) in [6, 6.07) is 14.6. The standard InChI is InChI=1S/C21H9Cl2NO3S/c22-12-6-7-13(23)18-17(12)19(25)11(20(18)26)8-16-24-21-15(28-16)9-14(27-21)10-4-2-1-3-5-10/h1-9H. The van der Waals surface area contributed by atoms with Gasteiger partial charge in [-0.05, 0) is 18.2 Å². The lowest BCUT2D eigenvalue weighted by molar-refractivity contribution is 0.0990. The van der Waals surface area contributed by atoms with Crippen molar-refractivity contribution in [2.24, 2.45) is 0 Å². The van der Waals surface area contributed by atoms with E-state index in [0.29, 0.717) is 16.5 Å². The second kappa shape index (κ2) is 6.41. The van der Waals surface area contributed by atoms with Gasteiger partial charge in [-0.15, -0.1) is 11.3 Å². The number of ketones is 2. The molecular weight excluding hydrogens is 417 g/mol. The molecule has 5 rings (SSSR count). The largest absolute Gasteiger partial charge is 0.437 e. The van der Waals surface area contributed by atoms with Crippen molar-refractivity contribution < 1.29 is 14.0 Å². The zero-order valence-electron chi connectivity index (χ0n) is 14.0. The number of hydrogen-bond acceptors (Lipinski definition) is 5. The van der Waals surface area contributed by atoms with Crippen molar-refractivity contribution >= 4 is 62.6 Å². The minimum absolute atomic E-state index is 0.00434. The molecule has 28 heavy (non-hydrogen) atoms. The number of thiazole rings is 1. The molecule has 2 aromatic heterocycles. The molecule has 4 aromatic rings. The van der Waals surface area contributed by atoms with Crippen molar-refractivity contribution in [3.63, 3.8) is 0 Å². The molecule has 0 aliphatic heterocycles. The Labute approximate surface area is 173 Å². The number of furan rings is 1. The van der Waals surface area contributed by atoms with E-state index < -0.39 is 11.6 Å². The fraction of sp³-hybridized carbons (Fsp3) is 0. The van der Waals surface area contributed by atoms with E-state index in [1.54, 1.807) is 0 Å². The van der Waals surface area contributed by atoms with Gasteiger partial charge in [0.2, 0.25) is 5.71 Å². The van der Waals surface area contributed by atoms with E-state index in [1.807, 2.05) is 36.4 Å². The quantitative estimate of drug-likeness (QED) is 0.278. The number of hydrogen-bond donors (Lipinski definition) is 0. The fourth-order valence-corrected chi connectivity index (χ4v) is 4.54. The van der Waals surface area contributed by atoms with Crippen molar-refractivity contribution in [1.29, 1.82) is 0 Å². The molecule has 0 radical (unpaired) electrons. The number of Topliss-reactive ketones (excluding diaryl/α,β-unsaturated/α-hetero) is 2. The van der Waals surface area contributed by atoms with Gasteiger partial charge in [-0.25, -0.2) is 4.98 Å². The molecule has 0 N–H and O–H groups in total. The van der Waals surface area contributed by atoms with Crippen LogP contribution >= 0.6 is 34.5 Å².